The minimum Gasteiger partial charge on any atom is -0.342 e. The standard InChI is InChI=1S/C18H36N2O4S/c1-10-16(21)19-17(5,6)13-20(8,9)18(7,25(22,23)24)15(4)12-11-14(2)3/h10,14-15H,1,11-13H2,2-9H3,(H-,19,21,22,23,24)/p+1. The van der Waals surface area contributed by atoms with Crippen molar-refractivity contribution in [1.82, 2.24) is 5.32 Å². The largest absolute Gasteiger partial charge is 0.342 e. The Kier molecular flexibility index (Phi) is 7.88. The first-order valence-electron chi connectivity index (χ1n) is 8.75. The van der Waals surface area contributed by atoms with Crippen LogP contribution >= 0.6 is 0 Å². The molecule has 0 aliphatic carbocycles. The van der Waals surface area contributed by atoms with Gasteiger partial charge < -0.3 is 9.80 Å². The van der Waals surface area contributed by atoms with Crippen LogP contribution in [0, 0.1) is 11.8 Å². The van der Waals surface area contributed by atoms with E-state index in [2.05, 4.69) is 25.7 Å². The van der Waals surface area contributed by atoms with Crippen molar-refractivity contribution >= 4 is 16.0 Å². The quantitative estimate of drug-likeness (QED) is 0.348. The summed E-state index contributed by atoms with van der Waals surface area (Å²) in [6.45, 7) is 15.1. The number of nitrogens with one attached hydrogen (secondary N) is 1. The molecule has 2 N–H and O–H groups in total. The number of hydrogen-bond donors (Lipinski definition) is 2. The van der Waals surface area contributed by atoms with Crippen molar-refractivity contribution in [2.75, 3.05) is 20.6 Å². The van der Waals surface area contributed by atoms with Crippen molar-refractivity contribution in [1.29, 1.82) is 0 Å². The van der Waals surface area contributed by atoms with Gasteiger partial charge in [-0.25, -0.2) is 0 Å². The predicted molar refractivity (Wildman–Crippen MR) is 103 cm³/mol. The molecular formula is C18H37N2O4S+. The Morgan fingerprint density at radius 1 is 1.20 bits per heavy atom. The third-order valence-electron chi connectivity index (χ3n) is 5.25. The molecule has 2 unspecified atom stereocenters. The van der Waals surface area contributed by atoms with Crippen molar-refractivity contribution in [3.63, 3.8) is 0 Å². The van der Waals surface area contributed by atoms with E-state index in [9.17, 15) is 17.8 Å². The molecule has 0 heterocycles. The molecule has 1 amide bonds. The van der Waals surface area contributed by atoms with Gasteiger partial charge >= 0.3 is 10.1 Å². The number of nitrogens with zero attached hydrogens (tertiary/aromatic N) is 1. The molecule has 0 aliphatic heterocycles. The first-order chi connectivity index (χ1) is 11.0. The zero-order valence-corrected chi connectivity index (χ0v) is 17.9. The lowest BCUT2D eigenvalue weighted by molar-refractivity contribution is -0.931. The molecule has 0 saturated carbocycles. The van der Waals surface area contributed by atoms with E-state index >= 15 is 0 Å². The minimum absolute atomic E-state index is 0.0233. The zero-order valence-electron chi connectivity index (χ0n) is 17.1. The highest BCUT2D eigenvalue weighted by Gasteiger charge is 2.57. The zero-order chi connectivity index (χ0) is 20.3. The molecule has 0 radical (unpaired) electrons. The lowest BCUT2D eigenvalue weighted by Gasteiger charge is -2.50. The van der Waals surface area contributed by atoms with Gasteiger partial charge in [0, 0.05) is 12.8 Å². The molecule has 7 heteroatoms. The average Bonchev–Trinajstić information content (AvgIpc) is 2.40. The molecule has 0 bridgehead atoms. The molecule has 25 heavy (non-hydrogen) atoms. The van der Waals surface area contributed by atoms with Crippen LogP contribution in [-0.2, 0) is 14.9 Å². The van der Waals surface area contributed by atoms with Crippen LogP contribution in [0.15, 0.2) is 12.7 Å². The highest BCUT2D eigenvalue weighted by Crippen LogP contribution is 2.38. The molecule has 6 nitrogen and oxygen atoms in total. The van der Waals surface area contributed by atoms with E-state index < -0.39 is 20.5 Å². The van der Waals surface area contributed by atoms with E-state index in [1.807, 2.05) is 20.8 Å². The number of carbonyl (C=O) groups is 1. The Hall–Kier alpha value is -0.920. The van der Waals surface area contributed by atoms with E-state index in [0.717, 1.165) is 6.42 Å². The molecule has 0 fully saturated rings. The Morgan fingerprint density at radius 2 is 1.68 bits per heavy atom. The van der Waals surface area contributed by atoms with Crippen LogP contribution < -0.4 is 5.32 Å². The third-order valence-corrected chi connectivity index (χ3v) is 7.19. The fraction of sp³-hybridized carbons (Fsp3) is 0.833. The summed E-state index contributed by atoms with van der Waals surface area (Å²) in [5, 5.41) is 2.83. The second-order valence-corrected chi connectivity index (χ2v) is 10.6. The topological polar surface area (TPSA) is 83.5 Å². The smallest absolute Gasteiger partial charge is 0.322 e. The Morgan fingerprint density at radius 3 is 2.04 bits per heavy atom. The molecule has 0 aromatic rings. The van der Waals surface area contributed by atoms with Crippen molar-refractivity contribution in [2.24, 2.45) is 11.8 Å². The normalized spacial score (nSPS) is 17.0. The van der Waals surface area contributed by atoms with Gasteiger partial charge in [-0.2, -0.15) is 8.42 Å². The van der Waals surface area contributed by atoms with Gasteiger partial charge in [-0.15, -0.1) is 0 Å². The number of amides is 1. The molecule has 2 atom stereocenters. The summed E-state index contributed by atoms with van der Waals surface area (Å²) in [6, 6.07) is 0. The number of likely N-dealkylation sites (N-methyl/N-ethyl adjacent to an activating group) is 1. The SMILES string of the molecule is C=CC(=O)NC(C)(C)C[N+](C)(C)C(C)(C(C)CCC(C)C)S(=O)(=O)O. The second kappa shape index (κ2) is 8.18. The van der Waals surface area contributed by atoms with E-state index in [4.69, 9.17) is 0 Å². The average molecular weight is 378 g/mol. The summed E-state index contributed by atoms with van der Waals surface area (Å²) in [5.74, 6) is -0.121. The van der Waals surface area contributed by atoms with E-state index in [-0.39, 0.29) is 16.3 Å². The molecule has 148 valence electrons. The Balaban J connectivity index is 5.78. The molecule has 0 saturated heterocycles. The molecule has 0 aromatic carbocycles. The maximum absolute atomic E-state index is 12.4. The summed E-state index contributed by atoms with van der Waals surface area (Å²) >= 11 is 0. The van der Waals surface area contributed by atoms with E-state index in [1.54, 1.807) is 21.0 Å². The highest BCUT2D eigenvalue weighted by atomic mass is 32.2. The second-order valence-electron chi connectivity index (χ2n) is 8.82. The van der Waals surface area contributed by atoms with Crippen LogP contribution in [0.5, 0.6) is 0 Å². The Bertz CT molecular complexity index is 582. The Labute approximate surface area is 154 Å². The van der Waals surface area contributed by atoms with Gasteiger partial charge in [0.1, 0.15) is 6.54 Å². The van der Waals surface area contributed by atoms with Gasteiger partial charge in [0.15, 0.2) is 0 Å². The van der Waals surface area contributed by atoms with Crippen LogP contribution in [0.4, 0.5) is 0 Å². The first kappa shape index (κ1) is 24.1. The van der Waals surface area contributed by atoms with Crippen LogP contribution in [0.3, 0.4) is 0 Å². The summed E-state index contributed by atoms with van der Waals surface area (Å²) in [7, 11) is -0.778. The molecule has 0 rings (SSSR count). The van der Waals surface area contributed by atoms with Gasteiger partial charge in [0.2, 0.25) is 10.8 Å². The van der Waals surface area contributed by atoms with Gasteiger partial charge in [-0.05, 0) is 32.3 Å². The fourth-order valence-electron chi connectivity index (χ4n) is 3.58. The summed E-state index contributed by atoms with van der Waals surface area (Å²) in [4.78, 5) is 10.3. The van der Waals surface area contributed by atoms with Crippen molar-refractivity contribution in [3.8, 4) is 0 Å². The van der Waals surface area contributed by atoms with Crippen molar-refractivity contribution in [2.45, 2.75) is 64.8 Å². The van der Waals surface area contributed by atoms with Gasteiger partial charge in [-0.1, -0.05) is 33.8 Å². The van der Waals surface area contributed by atoms with Gasteiger partial charge in [0.05, 0.1) is 19.6 Å². The van der Waals surface area contributed by atoms with E-state index in [0.29, 0.717) is 18.9 Å². The monoisotopic (exact) mass is 377 g/mol. The van der Waals surface area contributed by atoms with E-state index in [1.165, 1.54) is 6.08 Å². The maximum atomic E-state index is 12.4. The van der Waals surface area contributed by atoms with Crippen LogP contribution in [0.1, 0.15) is 54.4 Å². The van der Waals surface area contributed by atoms with Crippen LogP contribution in [0.2, 0.25) is 0 Å². The first-order valence-corrected chi connectivity index (χ1v) is 10.2. The summed E-state index contributed by atoms with van der Waals surface area (Å²) in [5.41, 5.74) is -0.668. The summed E-state index contributed by atoms with van der Waals surface area (Å²) in [6.07, 6.45) is 2.76. The predicted octanol–water partition coefficient (Wildman–Crippen LogP) is 2.82. The molecule has 0 aromatic heterocycles. The summed E-state index contributed by atoms with van der Waals surface area (Å²) < 4.78 is 34.9. The molecular weight excluding hydrogens is 340 g/mol. The van der Waals surface area contributed by atoms with Gasteiger partial charge in [-0.3, -0.25) is 9.35 Å². The van der Waals surface area contributed by atoms with Crippen molar-refractivity contribution in [3.05, 3.63) is 12.7 Å². The number of rotatable bonds is 10. The highest BCUT2D eigenvalue weighted by molar-refractivity contribution is 7.87. The van der Waals surface area contributed by atoms with Crippen LogP contribution in [0.25, 0.3) is 0 Å². The maximum Gasteiger partial charge on any atom is 0.322 e. The fourth-order valence-corrected chi connectivity index (χ4v) is 4.90. The minimum atomic E-state index is -4.34. The third kappa shape index (κ3) is 6.08. The number of quaternary nitrogens is 1. The lowest BCUT2D eigenvalue weighted by atomic mass is 9.90. The van der Waals surface area contributed by atoms with Crippen LogP contribution in [-0.4, -0.2) is 54.4 Å². The van der Waals surface area contributed by atoms with Crippen molar-refractivity contribution < 1.29 is 22.2 Å². The molecule has 0 aliphatic rings. The molecule has 0 spiro atoms. The lowest BCUT2D eigenvalue weighted by Crippen LogP contribution is -2.70. The van der Waals surface area contributed by atoms with Gasteiger partial charge in [0.25, 0.3) is 0 Å². The number of hydrogen-bond acceptors (Lipinski definition) is 3. The number of carbonyl (C=O) groups excluding carboxylic acids is 1.